The van der Waals surface area contributed by atoms with Crippen LogP contribution in [0.1, 0.15) is 17.0 Å². The van der Waals surface area contributed by atoms with Gasteiger partial charge in [-0.25, -0.2) is 4.98 Å². The number of amides is 1. The lowest BCUT2D eigenvalue weighted by Crippen LogP contribution is -2.20. The van der Waals surface area contributed by atoms with Crippen LogP contribution in [0, 0.1) is 20.8 Å². The van der Waals surface area contributed by atoms with E-state index in [1.54, 1.807) is 10.7 Å². The first-order valence-corrected chi connectivity index (χ1v) is 6.47. The van der Waals surface area contributed by atoms with E-state index in [9.17, 15) is 4.79 Å². The predicted molar refractivity (Wildman–Crippen MR) is 78.7 cm³/mol. The van der Waals surface area contributed by atoms with E-state index in [1.165, 1.54) is 6.20 Å². The van der Waals surface area contributed by atoms with Crippen molar-refractivity contribution < 1.29 is 4.79 Å². The molecular weight excluding hydrogens is 278 g/mol. The van der Waals surface area contributed by atoms with Gasteiger partial charge in [-0.3, -0.25) is 9.48 Å². The molecule has 0 unspecified atom stereocenters. The zero-order valence-corrected chi connectivity index (χ0v) is 12.3. The predicted octanol–water partition coefficient (Wildman–Crippen LogP) is 2.08. The number of halogens is 1. The van der Waals surface area contributed by atoms with Gasteiger partial charge in [0.25, 0.3) is 0 Å². The van der Waals surface area contributed by atoms with Gasteiger partial charge in [-0.2, -0.15) is 5.10 Å². The van der Waals surface area contributed by atoms with Crippen LogP contribution < -0.4 is 11.1 Å². The SMILES string of the molecule is Cc1cc(NC(=O)Cn2nc(C)c(N)c2C)cnc1Cl. The van der Waals surface area contributed by atoms with Crippen molar-refractivity contribution in [3.05, 3.63) is 34.4 Å². The Balaban J connectivity index is 2.09. The molecule has 6 nitrogen and oxygen atoms in total. The van der Waals surface area contributed by atoms with Crippen molar-refractivity contribution in [1.29, 1.82) is 0 Å². The topological polar surface area (TPSA) is 85.8 Å². The molecule has 2 aromatic heterocycles. The van der Waals surface area contributed by atoms with Gasteiger partial charge in [-0.05, 0) is 32.4 Å². The molecule has 106 valence electrons. The number of nitrogen functional groups attached to an aromatic ring is 1. The molecule has 0 saturated carbocycles. The second-order valence-corrected chi connectivity index (χ2v) is 4.98. The van der Waals surface area contributed by atoms with Crippen molar-refractivity contribution in [2.45, 2.75) is 27.3 Å². The quantitative estimate of drug-likeness (QED) is 0.848. The molecular formula is C13H16ClN5O. The minimum atomic E-state index is -0.195. The van der Waals surface area contributed by atoms with Crippen LogP contribution in [0.5, 0.6) is 0 Å². The van der Waals surface area contributed by atoms with Gasteiger partial charge in [-0.15, -0.1) is 0 Å². The van der Waals surface area contributed by atoms with Gasteiger partial charge in [0, 0.05) is 0 Å². The lowest BCUT2D eigenvalue weighted by Gasteiger charge is -2.07. The number of anilines is 2. The van der Waals surface area contributed by atoms with Gasteiger partial charge < -0.3 is 11.1 Å². The minimum Gasteiger partial charge on any atom is -0.396 e. The number of nitrogens with zero attached hydrogens (tertiary/aromatic N) is 3. The van der Waals surface area contributed by atoms with Crippen molar-refractivity contribution in [3.8, 4) is 0 Å². The molecule has 0 atom stereocenters. The van der Waals surface area contributed by atoms with Gasteiger partial charge in [-0.1, -0.05) is 11.6 Å². The molecule has 3 N–H and O–H groups in total. The molecule has 2 rings (SSSR count). The number of carbonyl (C=O) groups excluding carboxylic acids is 1. The highest BCUT2D eigenvalue weighted by molar-refractivity contribution is 6.30. The number of rotatable bonds is 3. The molecule has 0 aliphatic heterocycles. The highest BCUT2D eigenvalue weighted by atomic mass is 35.5. The number of carbonyl (C=O) groups is 1. The van der Waals surface area contributed by atoms with Crippen LogP contribution in [0.3, 0.4) is 0 Å². The fourth-order valence-electron chi connectivity index (χ4n) is 1.83. The Morgan fingerprint density at radius 2 is 2.15 bits per heavy atom. The van der Waals surface area contributed by atoms with E-state index in [2.05, 4.69) is 15.4 Å². The third kappa shape index (κ3) is 2.91. The third-order valence-electron chi connectivity index (χ3n) is 3.03. The summed E-state index contributed by atoms with van der Waals surface area (Å²) >= 11 is 5.84. The second kappa shape index (κ2) is 5.50. The monoisotopic (exact) mass is 293 g/mol. The molecule has 0 saturated heterocycles. The van der Waals surface area contributed by atoms with E-state index >= 15 is 0 Å². The van der Waals surface area contributed by atoms with Gasteiger partial charge >= 0.3 is 0 Å². The van der Waals surface area contributed by atoms with Crippen LogP contribution in [0.4, 0.5) is 11.4 Å². The van der Waals surface area contributed by atoms with Crippen molar-refractivity contribution in [1.82, 2.24) is 14.8 Å². The summed E-state index contributed by atoms with van der Waals surface area (Å²) in [5.74, 6) is -0.195. The number of hydrogen-bond acceptors (Lipinski definition) is 4. The molecule has 2 heterocycles. The Hall–Kier alpha value is -2.08. The van der Waals surface area contributed by atoms with Crippen LogP contribution in [0.15, 0.2) is 12.3 Å². The zero-order valence-electron chi connectivity index (χ0n) is 11.6. The number of nitrogens with two attached hydrogens (primary N) is 1. The van der Waals surface area contributed by atoms with Gasteiger partial charge in [0.1, 0.15) is 11.7 Å². The number of pyridine rings is 1. The highest BCUT2D eigenvalue weighted by Crippen LogP contribution is 2.17. The summed E-state index contributed by atoms with van der Waals surface area (Å²) in [6.45, 7) is 5.57. The Bertz CT molecular complexity index is 665. The molecule has 1 amide bonds. The van der Waals surface area contributed by atoms with Crippen molar-refractivity contribution >= 4 is 28.9 Å². The molecule has 0 spiro atoms. The van der Waals surface area contributed by atoms with E-state index in [0.29, 0.717) is 16.5 Å². The van der Waals surface area contributed by atoms with Crippen LogP contribution in [0.25, 0.3) is 0 Å². The maximum absolute atomic E-state index is 12.0. The Labute approximate surface area is 121 Å². The first kappa shape index (κ1) is 14.3. The molecule has 0 aromatic carbocycles. The molecule has 0 fully saturated rings. The standard InChI is InChI=1S/C13H16ClN5O/c1-7-4-10(5-16-13(7)14)17-11(20)6-19-9(3)12(15)8(2)18-19/h4-5H,6,15H2,1-3H3,(H,17,20). The fraction of sp³-hybridized carbons (Fsp3) is 0.308. The molecule has 0 radical (unpaired) electrons. The number of hydrogen-bond donors (Lipinski definition) is 2. The molecule has 20 heavy (non-hydrogen) atoms. The molecule has 0 aliphatic carbocycles. The van der Waals surface area contributed by atoms with Crippen molar-refractivity contribution in [2.24, 2.45) is 0 Å². The molecule has 0 bridgehead atoms. The summed E-state index contributed by atoms with van der Waals surface area (Å²) in [6.07, 6.45) is 1.52. The van der Waals surface area contributed by atoms with E-state index in [-0.39, 0.29) is 12.5 Å². The minimum absolute atomic E-state index is 0.103. The average molecular weight is 294 g/mol. The normalized spacial score (nSPS) is 10.6. The summed E-state index contributed by atoms with van der Waals surface area (Å²) < 4.78 is 1.58. The largest absolute Gasteiger partial charge is 0.396 e. The summed E-state index contributed by atoms with van der Waals surface area (Å²) in [6, 6.07) is 1.77. The van der Waals surface area contributed by atoms with E-state index in [0.717, 1.165) is 17.0 Å². The Kier molecular flexibility index (Phi) is 3.94. The maximum atomic E-state index is 12.0. The fourth-order valence-corrected chi connectivity index (χ4v) is 1.93. The number of aromatic nitrogens is 3. The Morgan fingerprint density at radius 1 is 1.45 bits per heavy atom. The van der Waals surface area contributed by atoms with Crippen LogP contribution in [0.2, 0.25) is 5.15 Å². The summed E-state index contributed by atoms with van der Waals surface area (Å²) in [7, 11) is 0. The van der Waals surface area contributed by atoms with Crippen molar-refractivity contribution in [2.75, 3.05) is 11.1 Å². The first-order chi connectivity index (χ1) is 9.38. The van der Waals surface area contributed by atoms with Crippen LogP contribution >= 0.6 is 11.6 Å². The second-order valence-electron chi connectivity index (χ2n) is 4.62. The van der Waals surface area contributed by atoms with Crippen molar-refractivity contribution in [3.63, 3.8) is 0 Å². The first-order valence-electron chi connectivity index (χ1n) is 6.10. The third-order valence-corrected chi connectivity index (χ3v) is 3.42. The summed E-state index contributed by atoms with van der Waals surface area (Å²) in [5, 5.41) is 7.40. The zero-order chi connectivity index (χ0) is 14.9. The van der Waals surface area contributed by atoms with E-state index < -0.39 is 0 Å². The smallest absolute Gasteiger partial charge is 0.246 e. The average Bonchev–Trinajstić information content (AvgIpc) is 2.61. The molecule has 2 aromatic rings. The number of aryl methyl sites for hydroxylation is 2. The summed E-state index contributed by atoms with van der Waals surface area (Å²) in [5.41, 5.74) is 9.35. The Morgan fingerprint density at radius 3 is 2.70 bits per heavy atom. The van der Waals surface area contributed by atoms with E-state index in [4.69, 9.17) is 17.3 Å². The lowest BCUT2D eigenvalue weighted by atomic mass is 10.3. The van der Waals surface area contributed by atoms with Gasteiger partial charge in [0.05, 0.1) is 29.0 Å². The van der Waals surface area contributed by atoms with Crippen LogP contribution in [-0.4, -0.2) is 20.7 Å². The highest BCUT2D eigenvalue weighted by Gasteiger charge is 2.12. The lowest BCUT2D eigenvalue weighted by molar-refractivity contribution is -0.116. The number of nitrogens with one attached hydrogen (secondary N) is 1. The summed E-state index contributed by atoms with van der Waals surface area (Å²) in [4.78, 5) is 16.0. The van der Waals surface area contributed by atoms with Gasteiger partial charge in [0.15, 0.2) is 0 Å². The molecule has 7 heteroatoms. The maximum Gasteiger partial charge on any atom is 0.246 e. The van der Waals surface area contributed by atoms with Crippen LogP contribution in [-0.2, 0) is 11.3 Å². The van der Waals surface area contributed by atoms with E-state index in [1.807, 2.05) is 20.8 Å². The van der Waals surface area contributed by atoms with Gasteiger partial charge in [0.2, 0.25) is 5.91 Å². The molecule has 0 aliphatic rings.